The summed E-state index contributed by atoms with van der Waals surface area (Å²) < 4.78 is 3.97. The van der Waals surface area contributed by atoms with Gasteiger partial charge >= 0.3 is 0 Å². The molecule has 2 heterocycles. The minimum Gasteiger partial charge on any atom is -0.399 e. The second-order valence-electron chi connectivity index (χ2n) is 8.58. The number of benzene rings is 3. The monoisotopic (exact) mass is 474 g/mol. The van der Waals surface area contributed by atoms with Crippen molar-refractivity contribution in [2.45, 2.75) is 0 Å². The number of nitrogens with two attached hydrogens (primary N) is 1. The molecule has 3 aromatic carbocycles. The van der Waals surface area contributed by atoms with Gasteiger partial charge in [0, 0.05) is 55.0 Å². The van der Waals surface area contributed by atoms with Crippen molar-refractivity contribution in [2.24, 2.45) is 24.1 Å². The molecule has 7 nitrogen and oxygen atoms in total. The van der Waals surface area contributed by atoms with Crippen molar-refractivity contribution in [3.8, 4) is 0 Å². The van der Waals surface area contributed by atoms with Crippen molar-refractivity contribution in [1.82, 2.24) is 9.13 Å². The van der Waals surface area contributed by atoms with Gasteiger partial charge in [0.25, 0.3) is 5.91 Å². The molecule has 1 amide bonds. The van der Waals surface area contributed by atoms with Gasteiger partial charge in [0.2, 0.25) is 0 Å². The van der Waals surface area contributed by atoms with Crippen molar-refractivity contribution in [3.63, 3.8) is 0 Å². The van der Waals surface area contributed by atoms with E-state index in [4.69, 9.17) is 10.7 Å². The molecule has 0 radical (unpaired) electrons. The fourth-order valence-corrected chi connectivity index (χ4v) is 3.87. The highest BCUT2D eigenvalue weighted by atomic mass is 16.1. The lowest BCUT2D eigenvalue weighted by Crippen LogP contribution is -2.11. The van der Waals surface area contributed by atoms with E-state index >= 15 is 0 Å². The Balaban J connectivity index is 1.32. The topological polar surface area (TPSA) is 89.7 Å². The van der Waals surface area contributed by atoms with Crippen molar-refractivity contribution < 1.29 is 4.79 Å². The van der Waals surface area contributed by atoms with Crippen LogP contribution in [0.25, 0.3) is 10.9 Å². The number of anilines is 2. The second kappa shape index (κ2) is 9.76. The third-order valence-electron chi connectivity index (χ3n) is 5.86. The zero-order chi connectivity index (χ0) is 25.1. The summed E-state index contributed by atoms with van der Waals surface area (Å²) in [6, 6.07) is 26.3. The van der Waals surface area contributed by atoms with E-state index in [2.05, 4.69) is 10.3 Å². The first-order valence-corrected chi connectivity index (χ1v) is 11.5. The van der Waals surface area contributed by atoms with E-state index in [1.807, 2.05) is 115 Å². The SMILES string of the molecule is Cn1ccc(=Nc2ccc(NC(=O)c3ccc(N=c4ccn(C)c5cc(N)ccc45)cc3)cc2)cc1. The quantitative estimate of drug-likeness (QED) is 0.366. The van der Waals surface area contributed by atoms with Crippen LogP contribution in [0.1, 0.15) is 10.4 Å². The molecule has 0 fully saturated rings. The molecule has 0 atom stereocenters. The van der Waals surface area contributed by atoms with E-state index in [-0.39, 0.29) is 5.91 Å². The number of rotatable bonds is 4. The number of hydrogen-bond acceptors (Lipinski definition) is 4. The van der Waals surface area contributed by atoms with E-state index in [1.165, 1.54) is 0 Å². The molecular formula is C29H26N6O. The Kier molecular flexibility index (Phi) is 6.19. The number of aromatic nitrogens is 2. The average molecular weight is 475 g/mol. The van der Waals surface area contributed by atoms with Gasteiger partial charge in [-0.1, -0.05) is 0 Å². The molecule has 0 saturated carbocycles. The van der Waals surface area contributed by atoms with Gasteiger partial charge in [0.05, 0.1) is 27.6 Å². The van der Waals surface area contributed by atoms with Gasteiger partial charge in [-0.2, -0.15) is 0 Å². The van der Waals surface area contributed by atoms with Crippen LogP contribution >= 0.6 is 0 Å². The minimum absolute atomic E-state index is 0.186. The first-order valence-electron chi connectivity index (χ1n) is 11.5. The third kappa shape index (κ3) is 5.10. The van der Waals surface area contributed by atoms with Crippen LogP contribution in [0.15, 0.2) is 114 Å². The molecular weight excluding hydrogens is 448 g/mol. The largest absolute Gasteiger partial charge is 0.399 e. The number of nitrogen functional groups attached to an aromatic ring is 1. The lowest BCUT2D eigenvalue weighted by Gasteiger charge is -2.07. The third-order valence-corrected chi connectivity index (χ3v) is 5.86. The Bertz CT molecular complexity index is 1670. The molecule has 5 rings (SSSR count). The van der Waals surface area contributed by atoms with Crippen LogP contribution in [-0.4, -0.2) is 15.0 Å². The summed E-state index contributed by atoms with van der Waals surface area (Å²) in [6.45, 7) is 0. The van der Waals surface area contributed by atoms with Crippen LogP contribution in [0.4, 0.5) is 22.7 Å². The van der Waals surface area contributed by atoms with Crippen LogP contribution in [0.5, 0.6) is 0 Å². The second-order valence-corrected chi connectivity index (χ2v) is 8.58. The maximum Gasteiger partial charge on any atom is 0.255 e. The molecule has 0 aliphatic rings. The molecule has 0 aliphatic carbocycles. The van der Waals surface area contributed by atoms with Gasteiger partial charge in [-0.15, -0.1) is 0 Å². The first-order chi connectivity index (χ1) is 17.4. The van der Waals surface area contributed by atoms with Gasteiger partial charge in [-0.25, -0.2) is 9.98 Å². The fourth-order valence-electron chi connectivity index (χ4n) is 3.87. The normalized spacial score (nSPS) is 11.4. The number of carbonyl (C=O) groups excluding carboxylic acids is 1. The Morgan fingerprint density at radius 1 is 0.778 bits per heavy atom. The van der Waals surface area contributed by atoms with Gasteiger partial charge in [0.15, 0.2) is 0 Å². The number of nitrogens with zero attached hydrogens (tertiary/aromatic N) is 4. The smallest absolute Gasteiger partial charge is 0.255 e. The Morgan fingerprint density at radius 2 is 1.44 bits per heavy atom. The number of pyridine rings is 2. The van der Waals surface area contributed by atoms with Crippen LogP contribution in [0.2, 0.25) is 0 Å². The summed E-state index contributed by atoms with van der Waals surface area (Å²) in [4.78, 5) is 22.1. The molecule has 2 aromatic heterocycles. The predicted octanol–water partition coefficient (Wildman–Crippen LogP) is 4.82. The van der Waals surface area contributed by atoms with E-state index in [1.54, 1.807) is 12.1 Å². The summed E-state index contributed by atoms with van der Waals surface area (Å²) >= 11 is 0. The van der Waals surface area contributed by atoms with E-state index in [0.717, 1.165) is 33.0 Å². The van der Waals surface area contributed by atoms with Crippen molar-refractivity contribution in [1.29, 1.82) is 0 Å². The number of carbonyl (C=O) groups is 1. The Hall–Kier alpha value is -4.91. The molecule has 0 aliphatic heterocycles. The summed E-state index contributed by atoms with van der Waals surface area (Å²) in [6.07, 6.45) is 5.86. The number of amides is 1. The van der Waals surface area contributed by atoms with Crippen molar-refractivity contribution >= 4 is 39.6 Å². The summed E-state index contributed by atoms with van der Waals surface area (Å²) in [5.74, 6) is -0.186. The zero-order valence-electron chi connectivity index (χ0n) is 20.1. The van der Waals surface area contributed by atoms with E-state index < -0.39 is 0 Å². The van der Waals surface area contributed by atoms with Crippen LogP contribution < -0.4 is 21.8 Å². The average Bonchev–Trinajstić information content (AvgIpc) is 2.89. The summed E-state index contributed by atoms with van der Waals surface area (Å²) in [7, 11) is 3.94. The van der Waals surface area contributed by atoms with Gasteiger partial charge in [-0.3, -0.25) is 4.79 Å². The molecule has 0 unspecified atom stereocenters. The van der Waals surface area contributed by atoms with Crippen molar-refractivity contribution in [2.75, 3.05) is 11.1 Å². The maximum absolute atomic E-state index is 12.8. The van der Waals surface area contributed by atoms with Crippen LogP contribution in [-0.2, 0) is 14.1 Å². The number of nitrogens with one attached hydrogen (secondary N) is 1. The molecule has 7 heteroatoms. The maximum atomic E-state index is 12.8. The molecule has 36 heavy (non-hydrogen) atoms. The molecule has 0 spiro atoms. The number of hydrogen-bond donors (Lipinski definition) is 2. The predicted molar refractivity (Wildman–Crippen MR) is 144 cm³/mol. The summed E-state index contributed by atoms with van der Waals surface area (Å²) in [5.41, 5.74) is 10.5. The molecule has 3 N–H and O–H groups in total. The molecule has 0 saturated heterocycles. The highest BCUT2D eigenvalue weighted by Gasteiger charge is 2.06. The minimum atomic E-state index is -0.186. The lowest BCUT2D eigenvalue weighted by atomic mass is 10.1. The Morgan fingerprint density at radius 3 is 2.17 bits per heavy atom. The summed E-state index contributed by atoms with van der Waals surface area (Å²) in [5, 5.41) is 5.65. The Labute approximate surface area is 208 Å². The standard InChI is InChI=1S/C29H26N6O/c1-34-16-13-25(14-17-34)31-22-8-10-24(11-9-22)33-29(36)20-3-6-23(7-4-20)32-27-15-18-35(2)28-19-21(30)5-12-26(27)28/h3-19H,30H2,1-2H3,(H,33,36). The molecule has 178 valence electrons. The molecule has 0 bridgehead atoms. The number of fused-ring (bicyclic) bond motifs is 1. The van der Waals surface area contributed by atoms with Gasteiger partial charge in [-0.05, 0) is 84.9 Å². The van der Waals surface area contributed by atoms with Crippen molar-refractivity contribution in [3.05, 3.63) is 120 Å². The van der Waals surface area contributed by atoms with Gasteiger partial charge < -0.3 is 20.2 Å². The lowest BCUT2D eigenvalue weighted by molar-refractivity contribution is 0.102. The van der Waals surface area contributed by atoms with Crippen LogP contribution in [0, 0.1) is 0 Å². The van der Waals surface area contributed by atoms with Crippen LogP contribution in [0.3, 0.4) is 0 Å². The zero-order valence-corrected chi connectivity index (χ0v) is 20.1. The highest BCUT2D eigenvalue weighted by Crippen LogP contribution is 2.19. The highest BCUT2D eigenvalue weighted by molar-refractivity contribution is 6.04. The van der Waals surface area contributed by atoms with Gasteiger partial charge in [0.1, 0.15) is 0 Å². The number of aryl methyl sites for hydroxylation is 2. The first kappa shape index (κ1) is 22.9. The fraction of sp³-hybridized carbons (Fsp3) is 0.0690. The molecule has 5 aromatic rings. The van der Waals surface area contributed by atoms with E-state index in [9.17, 15) is 4.79 Å². The van der Waals surface area contributed by atoms with E-state index in [0.29, 0.717) is 16.9 Å².